The second-order valence-electron chi connectivity index (χ2n) is 10.3. The lowest BCUT2D eigenvalue weighted by Gasteiger charge is -2.33. The van der Waals surface area contributed by atoms with Crippen LogP contribution in [0.1, 0.15) is 50.8 Å². The van der Waals surface area contributed by atoms with Crippen LogP contribution in [-0.2, 0) is 26.2 Å². The third kappa shape index (κ3) is 8.33. The molecule has 3 rings (SSSR count). The SMILES string of the molecule is CCOc1ccc(N(CC(=O)N(Cc2cccc(C)c2)C(CC)C(=O)NC(C)C)S(=O)(=O)c2ccc(C)cc2)cc1. The molecule has 0 saturated carbocycles. The highest BCUT2D eigenvalue weighted by Gasteiger charge is 2.33. The number of aryl methyl sites for hydroxylation is 2. The minimum atomic E-state index is -4.13. The fraction of sp³-hybridized carbons (Fsp3) is 0.375. The Morgan fingerprint density at radius 3 is 2.12 bits per heavy atom. The molecular weight excluding hydrogens is 538 g/mol. The van der Waals surface area contributed by atoms with Crippen molar-refractivity contribution in [1.29, 1.82) is 0 Å². The van der Waals surface area contributed by atoms with Crippen molar-refractivity contribution in [3.63, 3.8) is 0 Å². The molecular formula is C32H41N3O5S. The van der Waals surface area contributed by atoms with Crippen molar-refractivity contribution >= 4 is 27.5 Å². The summed E-state index contributed by atoms with van der Waals surface area (Å²) in [7, 11) is -4.13. The smallest absolute Gasteiger partial charge is 0.264 e. The maximum Gasteiger partial charge on any atom is 0.264 e. The van der Waals surface area contributed by atoms with E-state index in [-0.39, 0.29) is 23.4 Å². The molecule has 0 aromatic heterocycles. The van der Waals surface area contributed by atoms with Gasteiger partial charge in [0.1, 0.15) is 18.3 Å². The summed E-state index contributed by atoms with van der Waals surface area (Å²) in [5.41, 5.74) is 3.10. The van der Waals surface area contributed by atoms with Crippen LogP contribution < -0.4 is 14.4 Å². The van der Waals surface area contributed by atoms with E-state index in [2.05, 4.69) is 5.32 Å². The van der Waals surface area contributed by atoms with Crippen LogP contribution in [0.3, 0.4) is 0 Å². The van der Waals surface area contributed by atoms with Gasteiger partial charge in [0.15, 0.2) is 0 Å². The van der Waals surface area contributed by atoms with Crippen LogP contribution in [0, 0.1) is 13.8 Å². The predicted molar refractivity (Wildman–Crippen MR) is 162 cm³/mol. The molecule has 0 saturated heterocycles. The Hall–Kier alpha value is -3.85. The largest absolute Gasteiger partial charge is 0.494 e. The number of hydrogen-bond acceptors (Lipinski definition) is 5. The lowest BCUT2D eigenvalue weighted by Crippen LogP contribution is -2.53. The maximum absolute atomic E-state index is 14.1. The Bertz CT molecular complexity index is 1420. The molecule has 3 aromatic rings. The van der Waals surface area contributed by atoms with Crippen molar-refractivity contribution in [3.8, 4) is 5.75 Å². The monoisotopic (exact) mass is 579 g/mol. The number of amides is 2. The number of nitrogens with zero attached hydrogens (tertiary/aromatic N) is 2. The highest BCUT2D eigenvalue weighted by Crippen LogP contribution is 2.27. The summed E-state index contributed by atoms with van der Waals surface area (Å²) in [4.78, 5) is 28.9. The number of sulfonamides is 1. The average molecular weight is 580 g/mol. The summed E-state index contributed by atoms with van der Waals surface area (Å²) >= 11 is 0. The van der Waals surface area contributed by atoms with E-state index >= 15 is 0 Å². The molecule has 0 fully saturated rings. The van der Waals surface area contributed by atoms with Crippen LogP contribution in [0.4, 0.5) is 5.69 Å². The first-order valence-corrected chi connectivity index (χ1v) is 15.4. The molecule has 0 radical (unpaired) electrons. The van der Waals surface area contributed by atoms with E-state index in [1.54, 1.807) is 36.4 Å². The Morgan fingerprint density at radius 2 is 1.56 bits per heavy atom. The van der Waals surface area contributed by atoms with E-state index in [1.807, 2.05) is 65.8 Å². The van der Waals surface area contributed by atoms with Gasteiger partial charge < -0.3 is 15.0 Å². The molecule has 0 bridgehead atoms. The molecule has 220 valence electrons. The van der Waals surface area contributed by atoms with Gasteiger partial charge in [0.05, 0.1) is 17.2 Å². The molecule has 0 aliphatic heterocycles. The van der Waals surface area contributed by atoms with Crippen molar-refractivity contribution in [3.05, 3.63) is 89.5 Å². The van der Waals surface area contributed by atoms with Gasteiger partial charge in [-0.1, -0.05) is 54.4 Å². The van der Waals surface area contributed by atoms with Crippen molar-refractivity contribution in [2.45, 2.75) is 71.5 Å². The predicted octanol–water partition coefficient (Wildman–Crippen LogP) is 5.23. The molecule has 1 unspecified atom stereocenters. The number of rotatable bonds is 13. The average Bonchev–Trinajstić information content (AvgIpc) is 2.92. The molecule has 3 aromatic carbocycles. The minimum absolute atomic E-state index is 0.0691. The first-order valence-electron chi connectivity index (χ1n) is 13.9. The quantitative estimate of drug-likeness (QED) is 0.299. The molecule has 2 amide bonds. The van der Waals surface area contributed by atoms with E-state index in [0.29, 0.717) is 24.5 Å². The zero-order chi connectivity index (χ0) is 30.2. The zero-order valence-corrected chi connectivity index (χ0v) is 25.6. The molecule has 0 aliphatic carbocycles. The maximum atomic E-state index is 14.1. The summed E-state index contributed by atoms with van der Waals surface area (Å²) in [6.07, 6.45) is 0.365. The van der Waals surface area contributed by atoms with Gasteiger partial charge in [0.25, 0.3) is 10.0 Å². The normalized spacial score (nSPS) is 12.1. The topological polar surface area (TPSA) is 96.0 Å². The first kappa shape index (κ1) is 31.7. The number of anilines is 1. The lowest BCUT2D eigenvalue weighted by molar-refractivity contribution is -0.140. The van der Waals surface area contributed by atoms with Crippen molar-refractivity contribution in [1.82, 2.24) is 10.2 Å². The van der Waals surface area contributed by atoms with Gasteiger partial charge in [-0.25, -0.2) is 8.42 Å². The molecule has 0 aliphatic rings. The number of carbonyl (C=O) groups excluding carboxylic acids is 2. The first-order chi connectivity index (χ1) is 19.5. The Balaban J connectivity index is 2.07. The van der Waals surface area contributed by atoms with E-state index in [0.717, 1.165) is 21.0 Å². The highest BCUT2D eigenvalue weighted by atomic mass is 32.2. The Morgan fingerprint density at radius 1 is 0.902 bits per heavy atom. The third-order valence-corrected chi connectivity index (χ3v) is 8.36. The number of carbonyl (C=O) groups is 2. The van der Waals surface area contributed by atoms with Crippen molar-refractivity contribution < 1.29 is 22.7 Å². The molecule has 1 atom stereocenters. The van der Waals surface area contributed by atoms with E-state index in [4.69, 9.17) is 4.74 Å². The summed E-state index contributed by atoms with van der Waals surface area (Å²) in [5.74, 6) is -0.174. The minimum Gasteiger partial charge on any atom is -0.494 e. The van der Waals surface area contributed by atoms with E-state index in [1.165, 1.54) is 17.0 Å². The summed E-state index contributed by atoms with van der Waals surface area (Å²) in [5, 5.41) is 2.91. The van der Waals surface area contributed by atoms with Crippen molar-refractivity contribution in [2.24, 2.45) is 0 Å². The van der Waals surface area contributed by atoms with Crippen LogP contribution in [0.5, 0.6) is 5.75 Å². The van der Waals surface area contributed by atoms with Gasteiger partial charge in [-0.2, -0.15) is 0 Å². The Kier molecular flexibility index (Phi) is 10.9. The van der Waals surface area contributed by atoms with Gasteiger partial charge in [-0.15, -0.1) is 0 Å². The lowest BCUT2D eigenvalue weighted by atomic mass is 10.1. The molecule has 1 N–H and O–H groups in total. The second-order valence-corrected chi connectivity index (χ2v) is 12.2. The summed E-state index contributed by atoms with van der Waals surface area (Å²) in [6, 6.07) is 19.9. The van der Waals surface area contributed by atoms with E-state index < -0.39 is 28.5 Å². The van der Waals surface area contributed by atoms with Gasteiger partial charge in [0, 0.05) is 12.6 Å². The van der Waals surface area contributed by atoms with Crippen LogP contribution in [-0.4, -0.2) is 50.4 Å². The number of nitrogens with one attached hydrogen (secondary N) is 1. The Labute approximate surface area is 244 Å². The zero-order valence-electron chi connectivity index (χ0n) is 24.8. The fourth-order valence-electron chi connectivity index (χ4n) is 4.55. The summed E-state index contributed by atoms with van der Waals surface area (Å²) < 4.78 is 34.6. The molecule has 0 heterocycles. The third-order valence-electron chi connectivity index (χ3n) is 6.58. The van der Waals surface area contributed by atoms with Crippen LogP contribution in [0.15, 0.2) is 77.7 Å². The summed E-state index contributed by atoms with van der Waals surface area (Å²) in [6.45, 7) is 11.4. The van der Waals surface area contributed by atoms with Gasteiger partial charge >= 0.3 is 0 Å². The molecule has 8 nitrogen and oxygen atoms in total. The van der Waals surface area contributed by atoms with Gasteiger partial charge in [0.2, 0.25) is 11.8 Å². The number of ether oxygens (including phenoxy) is 1. The van der Waals surface area contributed by atoms with Gasteiger partial charge in [-0.3, -0.25) is 13.9 Å². The molecule has 9 heteroatoms. The molecule has 0 spiro atoms. The number of hydrogen-bond donors (Lipinski definition) is 1. The fourth-order valence-corrected chi connectivity index (χ4v) is 5.96. The van der Waals surface area contributed by atoms with Crippen LogP contribution in [0.25, 0.3) is 0 Å². The highest BCUT2D eigenvalue weighted by molar-refractivity contribution is 7.92. The number of benzene rings is 3. The standard InChI is InChI=1S/C32H41N3O5S/c1-7-30(32(37)33-23(3)4)34(21-26-11-9-10-25(6)20-26)31(36)22-35(27-14-16-28(17-15-27)40-8-2)41(38,39)29-18-12-24(5)13-19-29/h9-20,23,30H,7-8,21-22H2,1-6H3,(H,33,37). The second kappa shape index (κ2) is 14.2. The van der Waals surface area contributed by atoms with Gasteiger partial charge in [-0.05, 0) is 83.0 Å². The molecule has 41 heavy (non-hydrogen) atoms. The van der Waals surface area contributed by atoms with Crippen molar-refractivity contribution in [2.75, 3.05) is 17.5 Å². The van der Waals surface area contributed by atoms with Crippen LogP contribution >= 0.6 is 0 Å². The van der Waals surface area contributed by atoms with Crippen LogP contribution in [0.2, 0.25) is 0 Å². The van der Waals surface area contributed by atoms with E-state index in [9.17, 15) is 18.0 Å².